The van der Waals surface area contributed by atoms with Gasteiger partial charge in [0.15, 0.2) is 0 Å². The monoisotopic (exact) mass is 333 g/mol. The number of halogens is 1. The van der Waals surface area contributed by atoms with Crippen LogP contribution < -0.4 is 5.32 Å². The van der Waals surface area contributed by atoms with E-state index in [1.807, 2.05) is 12.1 Å². The van der Waals surface area contributed by atoms with Crippen LogP contribution in [0.4, 0.5) is 4.39 Å². The summed E-state index contributed by atoms with van der Waals surface area (Å²) >= 11 is 0. The lowest BCUT2D eigenvalue weighted by molar-refractivity contribution is 0.486. The first kappa shape index (κ1) is 14.8. The molecule has 0 bridgehead atoms. The van der Waals surface area contributed by atoms with Crippen LogP contribution in [-0.2, 0) is 19.4 Å². The van der Waals surface area contributed by atoms with Crippen molar-refractivity contribution in [2.24, 2.45) is 0 Å². The molecule has 1 aliphatic carbocycles. The summed E-state index contributed by atoms with van der Waals surface area (Å²) in [6.45, 7) is 1.81. The Labute approximate surface area is 146 Å². The lowest BCUT2D eigenvalue weighted by atomic mass is 10.0. The van der Waals surface area contributed by atoms with Gasteiger partial charge < -0.3 is 5.32 Å². The molecular formula is C21H20FN3. The van der Waals surface area contributed by atoms with E-state index in [1.54, 1.807) is 0 Å². The van der Waals surface area contributed by atoms with Crippen molar-refractivity contribution in [3.63, 3.8) is 0 Å². The van der Waals surface area contributed by atoms with Crippen molar-refractivity contribution in [2.75, 3.05) is 6.54 Å². The number of aromatic nitrogens is 2. The first-order chi connectivity index (χ1) is 12.3. The quantitative estimate of drug-likeness (QED) is 0.771. The van der Waals surface area contributed by atoms with Gasteiger partial charge in [0.25, 0.3) is 0 Å². The summed E-state index contributed by atoms with van der Waals surface area (Å²) in [6.07, 6.45) is 3.20. The number of benzene rings is 2. The zero-order valence-corrected chi connectivity index (χ0v) is 14.0. The van der Waals surface area contributed by atoms with Gasteiger partial charge in [-0.3, -0.25) is 4.68 Å². The molecule has 2 aromatic carbocycles. The van der Waals surface area contributed by atoms with E-state index >= 15 is 0 Å². The molecule has 2 heterocycles. The van der Waals surface area contributed by atoms with Crippen LogP contribution in [0, 0.1) is 5.82 Å². The van der Waals surface area contributed by atoms with Crippen LogP contribution in [0.25, 0.3) is 11.3 Å². The maximum absolute atomic E-state index is 13.3. The topological polar surface area (TPSA) is 29.9 Å². The fraction of sp³-hybridized carbons (Fsp3) is 0.286. The first-order valence-corrected chi connectivity index (χ1v) is 8.96. The number of aryl methyl sites for hydroxylation is 1. The van der Waals surface area contributed by atoms with E-state index < -0.39 is 0 Å². The average Bonchev–Trinajstić information content (AvgIpc) is 3.24. The molecular weight excluding hydrogens is 313 g/mol. The van der Waals surface area contributed by atoms with Crippen LogP contribution in [0.1, 0.15) is 34.8 Å². The first-order valence-electron chi connectivity index (χ1n) is 8.96. The number of hydrogen-bond acceptors (Lipinski definition) is 2. The predicted molar refractivity (Wildman–Crippen MR) is 95.9 cm³/mol. The van der Waals surface area contributed by atoms with E-state index in [1.165, 1.54) is 34.5 Å². The van der Waals surface area contributed by atoms with Crippen molar-refractivity contribution in [1.29, 1.82) is 0 Å². The molecule has 0 amide bonds. The Morgan fingerprint density at radius 3 is 2.76 bits per heavy atom. The molecule has 126 valence electrons. The summed E-state index contributed by atoms with van der Waals surface area (Å²) in [7, 11) is 0. The highest BCUT2D eigenvalue weighted by Crippen LogP contribution is 2.38. The highest BCUT2D eigenvalue weighted by Gasteiger charge is 2.30. The van der Waals surface area contributed by atoms with Crippen LogP contribution >= 0.6 is 0 Å². The largest absolute Gasteiger partial charge is 0.312 e. The molecule has 1 N–H and O–H groups in total. The summed E-state index contributed by atoms with van der Waals surface area (Å²) in [5, 5.41) is 8.48. The van der Waals surface area contributed by atoms with E-state index in [4.69, 9.17) is 5.10 Å². The van der Waals surface area contributed by atoms with E-state index in [2.05, 4.69) is 34.3 Å². The Balaban J connectivity index is 1.65. The third-order valence-electron chi connectivity index (χ3n) is 5.47. The van der Waals surface area contributed by atoms with Gasteiger partial charge in [-0.25, -0.2) is 4.39 Å². The van der Waals surface area contributed by atoms with Crippen LogP contribution in [-0.4, -0.2) is 16.3 Å². The molecule has 0 spiro atoms. The minimum atomic E-state index is -0.208. The number of nitrogens with zero attached hydrogens (tertiary/aromatic N) is 2. The van der Waals surface area contributed by atoms with Crippen molar-refractivity contribution >= 4 is 0 Å². The van der Waals surface area contributed by atoms with Gasteiger partial charge in [0.1, 0.15) is 5.82 Å². The number of fused-ring (bicyclic) bond motifs is 2. The molecule has 0 saturated heterocycles. The van der Waals surface area contributed by atoms with E-state index in [9.17, 15) is 4.39 Å². The zero-order chi connectivity index (χ0) is 16.8. The summed E-state index contributed by atoms with van der Waals surface area (Å²) < 4.78 is 15.6. The van der Waals surface area contributed by atoms with Gasteiger partial charge in [0.05, 0.1) is 11.7 Å². The maximum atomic E-state index is 13.3. The van der Waals surface area contributed by atoms with Crippen LogP contribution in [0.15, 0.2) is 48.5 Å². The molecule has 1 aliphatic heterocycles. The molecule has 0 saturated carbocycles. The molecule has 5 rings (SSSR count). The Bertz CT molecular complexity index is 927. The van der Waals surface area contributed by atoms with Gasteiger partial charge in [-0.05, 0) is 48.2 Å². The standard InChI is InChI=1S/C21H20FN3/c22-16-8-5-15(6-9-16)21-18-13-23-12-11-20(18)25(24-21)19-10-7-14-3-1-2-4-17(14)19/h1-6,8-9,19,23H,7,10-13H2/t19-/m1/s1. The highest BCUT2D eigenvalue weighted by molar-refractivity contribution is 5.64. The third kappa shape index (κ3) is 2.40. The van der Waals surface area contributed by atoms with Crippen molar-refractivity contribution in [1.82, 2.24) is 15.1 Å². The second-order valence-electron chi connectivity index (χ2n) is 6.91. The van der Waals surface area contributed by atoms with E-state index in [0.717, 1.165) is 43.6 Å². The van der Waals surface area contributed by atoms with Crippen molar-refractivity contribution in [2.45, 2.75) is 31.8 Å². The fourth-order valence-corrected chi connectivity index (χ4v) is 4.26. The van der Waals surface area contributed by atoms with Crippen molar-refractivity contribution in [3.8, 4) is 11.3 Å². The minimum Gasteiger partial charge on any atom is -0.312 e. The lowest BCUT2D eigenvalue weighted by Crippen LogP contribution is -2.26. The summed E-state index contributed by atoms with van der Waals surface area (Å²) in [5.41, 5.74) is 7.42. The molecule has 0 fully saturated rings. The second kappa shape index (κ2) is 5.81. The Morgan fingerprint density at radius 1 is 1.04 bits per heavy atom. The van der Waals surface area contributed by atoms with Gasteiger partial charge in [0, 0.05) is 36.3 Å². The normalized spacial score (nSPS) is 18.8. The summed E-state index contributed by atoms with van der Waals surface area (Å²) in [5.74, 6) is -0.208. The van der Waals surface area contributed by atoms with Crippen molar-refractivity contribution in [3.05, 3.63) is 76.7 Å². The SMILES string of the molecule is Fc1ccc(-c2nn([C@@H]3CCc4ccccc43)c3c2CNCC3)cc1. The van der Waals surface area contributed by atoms with E-state index in [0.29, 0.717) is 6.04 Å². The van der Waals surface area contributed by atoms with Crippen molar-refractivity contribution < 1.29 is 4.39 Å². The van der Waals surface area contributed by atoms with Gasteiger partial charge >= 0.3 is 0 Å². The Kier molecular flexibility index (Phi) is 3.45. The third-order valence-corrected chi connectivity index (χ3v) is 5.47. The molecule has 4 heteroatoms. The average molecular weight is 333 g/mol. The zero-order valence-electron chi connectivity index (χ0n) is 14.0. The van der Waals surface area contributed by atoms with Crippen LogP contribution in [0.2, 0.25) is 0 Å². The minimum absolute atomic E-state index is 0.208. The molecule has 3 nitrogen and oxygen atoms in total. The predicted octanol–water partition coefficient (Wildman–Crippen LogP) is 3.87. The number of hydrogen-bond donors (Lipinski definition) is 1. The molecule has 0 radical (unpaired) electrons. The lowest BCUT2D eigenvalue weighted by Gasteiger charge is -2.20. The van der Waals surface area contributed by atoms with Crippen LogP contribution in [0.3, 0.4) is 0 Å². The number of rotatable bonds is 2. The smallest absolute Gasteiger partial charge is 0.123 e. The molecule has 0 unspecified atom stereocenters. The molecule has 2 aliphatic rings. The summed E-state index contributed by atoms with van der Waals surface area (Å²) in [6, 6.07) is 15.7. The van der Waals surface area contributed by atoms with Gasteiger partial charge in [-0.1, -0.05) is 24.3 Å². The van der Waals surface area contributed by atoms with Gasteiger partial charge in [-0.15, -0.1) is 0 Å². The maximum Gasteiger partial charge on any atom is 0.123 e. The van der Waals surface area contributed by atoms with Gasteiger partial charge in [0.2, 0.25) is 0 Å². The molecule has 25 heavy (non-hydrogen) atoms. The second-order valence-corrected chi connectivity index (χ2v) is 6.91. The Hall–Kier alpha value is -2.46. The van der Waals surface area contributed by atoms with Crippen LogP contribution in [0.5, 0.6) is 0 Å². The highest BCUT2D eigenvalue weighted by atomic mass is 19.1. The molecule has 3 aromatic rings. The molecule has 1 aromatic heterocycles. The van der Waals surface area contributed by atoms with Gasteiger partial charge in [-0.2, -0.15) is 5.10 Å². The summed E-state index contributed by atoms with van der Waals surface area (Å²) in [4.78, 5) is 0. The van der Waals surface area contributed by atoms with E-state index in [-0.39, 0.29) is 5.82 Å². The Morgan fingerprint density at radius 2 is 1.88 bits per heavy atom. The number of nitrogens with one attached hydrogen (secondary N) is 1. The molecule has 1 atom stereocenters. The fourth-order valence-electron chi connectivity index (χ4n) is 4.26.